The SMILES string of the molecule is Cn1nc2cccc3c2c1CCCN(CCCO)C(=O)C1CC(CN1)Nc1cccc-3n1.O=C(O)C(F)(F)F. The number of carboxylic acids is 1. The highest BCUT2D eigenvalue weighted by Crippen LogP contribution is 2.31. The number of pyridine rings is 1. The fourth-order valence-electron chi connectivity index (χ4n) is 4.97. The van der Waals surface area contributed by atoms with Gasteiger partial charge >= 0.3 is 12.1 Å². The number of amides is 1. The van der Waals surface area contributed by atoms with Crippen LogP contribution in [-0.4, -0.2) is 86.3 Å². The van der Waals surface area contributed by atoms with E-state index >= 15 is 0 Å². The molecule has 2 aliphatic rings. The van der Waals surface area contributed by atoms with E-state index < -0.39 is 12.1 Å². The molecule has 10 nitrogen and oxygen atoms in total. The molecule has 1 fully saturated rings. The minimum absolute atomic E-state index is 0.0864. The Morgan fingerprint density at radius 1 is 1.21 bits per heavy atom. The first-order chi connectivity index (χ1) is 18.6. The van der Waals surface area contributed by atoms with Gasteiger partial charge in [-0.25, -0.2) is 9.78 Å². The lowest BCUT2D eigenvalue weighted by Gasteiger charge is -2.25. The molecule has 39 heavy (non-hydrogen) atoms. The molecule has 2 aromatic heterocycles. The summed E-state index contributed by atoms with van der Waals surface area (Å²) in [7, 11) is 1.98. The zero-order valence-electron chi connectivity index (χ0n) is 21.4. The van der Waals surface area contributed by atoms with Crippen LogP contribution in [0.5, 0.6) is 0 Å². The minimum Gasteiger partial charge on any atom is -0.475 e. The maximum absolute atomic E-state index is 13.3. The normalized spacial score (nSPS) is 19.5. The molecular formula is C26H31F3N6O4. The van der Waals surface area contributed by atoms with Gasteiger partial charge in [0, 0.05) is 56.0 Å². The van der Waals surface area contributed by atoms with Gasteiger partial charge in [-0.2, -0.15) is 18.3 Å². The highest BCUT2D eigenvalue weighted by molar-refractivity contribution is 5.96. The molecule has 1 aromatic carbocycles. The molecule has 0 aliphatic carbocycles. The number of hydrogen-bond donors (Lipinski definition) is 4. The molecule has 2 unspecified atom stereocenters. The summed E-state index contributed by atoms with van der Waals surface area (Å²) >= 11 is 0. The molecule has 1 amide bonds. The highest BCUT2D eigenvalue weighted by atomic mass is 19.4. The lowest BCUT2D eigenvalue weighted by Crippen LogP contribution is -2.44. The number of carbonyl (C=O) groups is 2. The molecule has 4 N–H and O–H groups in total. The molecule has 2 atom stereocenters. The first kappa shape index (κ1) is 28.3. The van der Waals surface area contributed by atoms with Gasteiger partial charge < -0.3 is 25.7 Å². The molecule has 5 rings (SSSR count). The standard InChI is InChI=1S/C24H30N6O2.C2HF3O2/c1-29-21-9-4-11-30(12-5-13-31)24(32)20-14-16(15-25-20)26-22-10-3-7-18(27-22)17-6-2-8-19(28-29)23(17)21;3-2(4,5)1(6)7/h2-3,6-8,10,16,20,25,31H,4-5,9,11-15H2,1H3,(H,26,27);(H,6,7). The summed E-state index contributed by atoms with van der Waals surface area (Å²) in [5.74, 6) is -1.82. The van der Waals surface area contributed by atoms with E-state index in [2.05, 4.69) is 16.7 Å². The van der Waals surface area contributed by atoms with Gasteiger partial charge in [-0.15, -0.1) is 0 Å². The number of anilines is 1. The maximum Gasteiger partial charge on any atom is 0.490 e. The lowest BCUT2D eigenvalue weighted by molar-refractivity contribution is -0.192. The zero-order valence-corrected chi connectivity index (χ0v) is 21.4. The second kappa shape index (κ2) is 12.0. The van der Waals surface area contributed by atoms with E-state index in [1.807, 2.05) is 47.0 Å². The number of aliphatic carboxylic acids is 1. The number of aryl methyl sites for hydroxylation is 2. The molecule has 0 spiro atoms. The van der Waals surface area contributed by atoms with Crippen LogP contribution in [0.15, 0.2) is 36.4 Å². The van der Waals surface area contributed by atoms with Crippen molar-refractivity contribution in [3.8, 4) is 11.3 Å². The van der Waals surface area contributed by atoms with E-state index in [0.29, 0.717) is 19.5 Å². The number of nitrogens with one attached hydrogen (secondary N) is 2. The second-order valence-corrected chi connectivity index (χ2v) is 9.52. The smallest absolute Gasteiger partial charge is 0.475 e. The summed E-state index contributed by atoms with van der Waals surface area (Å²) in [4.78, 5) is 29.0. The molecule has 1 saturated heterocycles. The van der Waals surface area contributed by atoms with Crippen LogP contribution >= 0.6 is 0 Å². The summed E-state index contributed by atoms with van der Waals surface area (Å²) in [5, 5.41) is 29.2. The number of fused-ring (bicyclic) bond motifs is 5. The van der Waals surface area contributed by atoms with E-state index in [9.17, 15) is 23.1 Å². The van der Waals surface area contributed by atoms with Crippen molar-refractivity contribution in [2.24, 2.45) is 7.05 Å². The average molecular weight is 549 g/mol. The summed E-state index contributed by atoms with van der Waals surface area (Å²) < 4.78 is 33.7. The largest absolute Gasteiger partial charge is 0.490 e. The van der Waals surface area contributed by atoms with Crippen molar-refractivity contribution >= 4 is 28.6 Å². The third kappa shape index (κ3) is 6.66. The number of halogens is 3. The van der Waals surface area contributed by atoms with Crippen LogP contribution in [0.4, 0.5) is 19.0 Å². The molecule has 3 aromatic rings. The third-order valence-electron chi connectivity index (χ3n) is 6.77. The third-order valence-corrected chi connectivity index (χ3v) is 6.77. The molecule has 4 heterocycles. The van der Waals surface area contributed by atoms with Crippen LogP contribution in [0.1, 0.15) is 25.0 Å². The Hall–Kier alpha value is -3.71. The summed E-state index contributed by atoms with van der Waals surface area (Å²) in [5.41, 5.74) is 4.12. The Morgan fingerprint density at radius 2 is 1.95 bits per heavy atom. The Balaban J connectivity index is 0.000000448. The Morgan fingerprint density at radius 3 is 2.67 bits per heavy atom. The number of hydrogen-bond acceptors (Lipinski definition) is 7. The Bertz CT molecular complexity index is 1330. The predicted molar refractivity (Wildman–Crippen MR) is 138 cm³/mol. The van der Waals surface area contributed by atoms with Crippen LogP contribution < -0.4 is 10.6 Å². The fourth-order valence-corrected chi connectivity index (χ4v) is 4.97. The monoisotopic (exact) mass is 548 g/mol. The van der Waals surface area contributed by atoms with Gasteiger partial charge in [0.2, 0.25) is 5.91 Å². The number of nitrogens with zero attached hydrogens (tertiary/aromatic N) is 4. The molecular weight excluding hydrogens is 517 g/mol. The van der Waals surface area contributed by atoms with Crippen LogP contribution in [0.25, 0.3) is 22.2 Å². The number of aromatic nitrogens is 3. The van der Waals surface area contributed by atoms with Gasteiger partial charge in [0.15, 0.2) is 0 Å². The van der Waals surface area contributed by atoms with E-state index in [1.165, 1.54) is 0 Å². The first-order valence-electron chi connectivity index (χ1n) is 12.7. The quantitative estimate of drug-likeness (QED) is 0.393. The number of aliphatic hydroxyl groups is 1. The van der Waals surface area contributed by atoms with Crippen molar-refractivity contribution in [3.05, 3.63) is 42.1 Å². The Kier molecular flexibility index (Phi) is 8.70. The van der Waals surface area contributed by atoms with Crippen LogP contribution in [0.2, 0.25) is 0 Å². The molecule has 13 heteroatoms. The second-order valence-electron chi connectivity index (χ2n) is 9.52. The molecule has 4 bridgehead atoms. The fraction of sp³-hybridized carbons (Fsp3) is 0.462. The van der Waals surface area contributed by atoms with Crippen LogP contribution in [-0.2, 0) is 23.1 Å². The predicted octanol–water partition coefficient (Wildman–Crippen LogP) is 2.57. The van der Waals surface area contributed by atoms with E-state index in [-0.39, 0.29) is 24.6 Å². The molecule has 0 saturated carbocycles. The summed E-state index contributed by atoms with van der Waals surface area (Å²) in [6, 6.07) is 12.2. The van der Waals surface area contributed by atoms with Crippen LogP contribution in [0, 0.1) is 0 Å². The van der Waals surface area contributed by atoms with Gasteiger partial charge in [0.1, 0.15) is 5.82 Å². The van der Waals surface area contributed by atoms with Crippen molar-refractivity contribution in [3.63, 3.8) is 0 Å². The number of carboxylic acid groups (broad SMARTS) is 1. The van der Waals surface area contributed by atoms with Gasteiger partial charge in [0.25, 0.3) is 0 Å². The van der Waals surface area contributed by atoms with E-state index in [4.69, 9.17) is 20.0 Å². The first-order valence-corrected chi connectivity index (χ1v) is 12.7. The lowest BCUT2D eigenvalue weighted by atomic mass is 10.0. The van der Waals surface area contributed by atoms with Crippen LogP contribution in [0.3, 0.4) is 0 Å². The molecule has 0 radical (unpaired) electrons. The number of benzene rings is 1. The Labute approximate surface area is 222 Å². The van der Waals surface area contributed by atoms with Gasteiger partial charge in [0.05, 0.1) is 17.3 Å². The maximum atomic E-state index is 13.3. The van der Waals surface area contributed by atoms with Crippen molar-refractivity contribution in [1.82, 2.24) is 25.0 Å². The van der Waals surface area contributed by atoms with E-state index in [0.717, 1.165) is 59.5 Å². The molecule has 210 valence electrons. The highest BCUT2D eigenvalue weighted by Gasteiger charge is 2.38. The van der Waals surface area contributed by atoms with Gasteiger partial charge in [-0.05, 0) is 43.9 Å². The molecule has 2 aliphatic heterocycles. The number of alkyl halides is 3. The van der Waals surface area contributed by atoms with Crippen molar-refractivity contribution in [2.45, 2.75) is 43.9 Å². The number of aliphatic hydroxyl groups excluding tert-OH is 1. The van der Waals surface area contributed by atoms with Crippen molar-refractivity contribution in [2.75, 3.05) is 31.6 Å². The van der Waals surface area contributed by atoms with E-state index in [1.54, 1.807) is 0 Å². The average Bonchev–Trinajstić information content (AvgIpc) is 3.49. The van der Waals surface area contributed by atoms with Gasteiger partial charge in [-0.3, -0.25) is 9.48 Å². The zero-order chi connectivity index (χ0) is 28.2. The van der Waals surface area contributed by atoms with Crippen molar-refractivity contribution < 1.29 is 33.0 Å². The van der Waals surface area contributed by atoms with Crippen molar-refractivity contribution in [1.29, 1.82) is 0 Å². The topological polar surface area (TPSA) is 133 Å². The minimum atomic E-state index is -5.08. The number of rotatable bonds is 3. The number of carbonyl (C=O) groups excluding carboxylic acids is 1. The summed E-state index contributed by atoms with van der Waals surface area (Å²) in [6.07, 6.45) is -2.12. The summed E-state index contributed by atoms with van der Waals surface area (Å²) in [6.45, 7) is 2.04. The van der Waals surface area contributed by atoms with Gasteiger partial charge in [-0.1, -0.05) is 18.2 Å².